The fraction of sp³-hybridized carbons (Fsp3) is 0.167. The van der Waals surface area contributed by atoms with Crippen LogP contribution in [0.3, 0.4) is 0 Å². The van der Waals surface area contributed by atoms with E-state index in [-0.39, 0.29) is 5.69 Å². The number of hydrogen-bond donors (Lipinski definition) is 1. The average molecular weight is 477 g/mol. The number of carbonyl (C=O) groups excluding carboxylic acids is 2. The highest BCUT2D eigenvalue weighted by atomic mass is 32.1. The number of benzene rings is 2. The van der Waals surface area contributed by atoms with Gasteiger partial charge in [-0.2, -0.15) is 5.10 Å². The van der Waals surface area contributed by atoms with Crippen molar-refractivity contribution in [1.82, 2.24) is 10.2 Å². The highest BCUT2D eigenvalue weighted by Gasteiger charge is 2.23. The maximum atomic E-state index is 13.2. The highest BCUT2D eigenvalue weighted by molar-refractivity contribution is 7.09. The molecule has 0 atom stereocenters. The summed E-state index contributed by atoms with van der Waals surface area (Å²) in [5.41, 5.74) is 0.113. The van der Waals surface area contributed by atoms with Gasteiger partial charge in [-0.3, -0.25) is 9.59 Å². The Morgan fingerprint density at radius 1 is 1.03 bits per heavy atom. The van der Waals surface area contributed by atoms with Gasteiger partial charge in [0.1, 0.15) is 13.2 Å². The number of hydrogen-bond acceptors (Lipinski definition) is 8. The maximum Gasteiger partial charge on any atom is 0.359 e. The molecule has 10 heteroatoms. The quantitative estimate of drug-likeness (QED) is 0.425. The van der Waals surface area contributed by atoms with Gasteiger partial charge in [-0.05, 0) is 29.6 Å². The van der Waals surface area contributed by atoms with E-state index in [0.29, 0.717) is 47.7 Å². The normalized spacial score (nSPS) is 12.4. The van der Waals surface area contributed by atoms with Crippen LogP contribution in [0.2, 0.25) is 0 Å². The predicted molar refractivity (Wildman–Crippen MR) is 126 cm³/mol. The summed E-state index contributed by atoms with van der Waals surface area (Å²) in [6, 6.07) is 15.6. The van der Waals surface area contributed by atoms with Crippen LogP contribution >= 0.6 is 11.3 Å². The molecule has 1 aliphatic heterocycles. The number of nitrogens with one attached hydrogen (secondary N) is 1. The van der Waals surface area contributed by atoms with Crippen molar-refractivity contribution in [3.63, 3.8) is 0 Å². The molecular formula is C24H19N3O6S. The van der Waals surface area contributed by atoms with Crippen LogP contribution in [0.5, 0.6) is 11.5 Å². The number of amides is 1. The molecule has 172 valence electrons. The van der Waals surface area contributed by atoms with Crippen LogP contribution in [0.25, 0.3) is 10.8 Å². The second kappa shape index (κ2) is 9.36. The summed E-state index contributed by atoms with van der Waals surface area (Å²) in [6.07, 6.45) is 0. The number of esters is 1. The van der Waals surface area contributed by atoms with Gasteiger partial charge in [-0.1, -0.05) is 24.3 Å². The molecule has 2 aromatic carbocycles. The first-order valence-corrected chi connectivity index (χ1v) is 11.3. The fourth-order valence-corrected chi connectivity index (χ4v) is 4.32. The molecule has 1 amide bonds. The molecule has 1 aliphatic rings. The summed E-state index contributed by atoms with van der Waals surface area (Å²) in [5.74, 6) is -0.0687. The van der Waals surface area contributed by atoms with E-state index in [9.17, 15) is 14.4 Å². The first kappa shape index (κ1) is 21.7. The summed E-state index contributed by atoms with van der Waals surface area (Å²) >= 11 is 1.51. The smallest absolute Gasteiger partial charge is 0.359 e. The molecule has 0 saturated carbocycles. The lowest BCUT2D eigenvalue weighted by atomic mass is 10.1. The Bertz CT molecular complexity index is 1420. The van der Waals surface area contributed by atoms with Crippen LogP contribution in [-0.4, -0.2) is 41.9 Å². The Morgan fingerprint density at radius 3 is 2.62 bits per heavy atom. The van der Waals surface area contributed by atoms with E-state index in [2.05, 4.69) is 10.2 Å². The van der Waals surface area contributed by atoms with Crippen LogP contribution in [-0.2, 0) is 16.1 Å². The Labute approximate surface area is 197 Å². The molecule has 34 heavy (non-hydrogen) atoms. The number of carbonyl (C=O) groups is 2. The van der Waals surface area contributed by atoms with E-state index < -0.39 is 24.0 Å². The van der Waals surface area contributed by atoms with E-state index in [1.54, 1.807) is 42.5 Å². The fourth-order valence-electron chi connectivity index (χ4n) is 3.63. The molecule has 0 aliphatic carbocycles. The first-order chi connectivity index (χ1) is 16.6. The third-order valence-electron chi connectivity index (χ3n) is 5.25. The second-order valence-electron chi connectivity index (χ2n) is 7.41. The maximum absolute atomic E-state index is 13.2. The zero-order chi connectivity index (χ0) is 23.5. The van der Waals surface area contributed by atoms with Gasteiger partial charge in [0.15, 0.2) is 23.8 Å². The van der Waals surface area contributed by atoms with Crippen molar-refractivity contribution in [2.45, 2.75) is 6.54 Å². The van der Waals surface area contributed by atoms with Gasteiger partial charge >= 0.3 is 5.97 Å². The lowest BCUT2D eigenvalue weighted by Gasteiger charge is -2.25. The number of aromatic nitrogens is 2. The molecule has 0 fully saturated rings. The molecule has 0 spiro atoms. The molecule has 0 saturated heterocycles. The van der Waals surface area contributed by atoms with Crippen molar-refractivity contribution in [3.05, 3.63) is 80.9 Å². The van der Waals surface area contributed by atoms with Crippen LogP contribution < -0.4 is 19.9 Å². The van der Waals surface area contributed by atoms with E-state index in [1.807, 2.05) is 17.5 Å². The van der Waals surface area contributed by atoms with E-state index >= 15 is 0 Å². The SMILES string of the molecule is O=C(OCC(=O)N(Cc1cccs1)c1ccc2c(c1)OCCO2)c1n[nH]c(=O)c2ccccc12. The third kappa shape index (κ3) is 4.35. The van der Waals surface area contributed by atoms with Crippen molar-refractivity contribution < 1.29 is 23.8 Å². The molecular weight excluding hydrogens is 458 g/mol. The molecule has 9 nitrogen and oxygen atoms in total. The number of aromatic amines is 1. The molecule has 4 aromatic rings. The molecule has 5 rings (SSSR count). The molecule has 2 aromatic heterocycles. The second-order valence-corrected chi connectivity index (χ2v) is 8.44. The van der Waals surface area contributed by atoms with Crippen molar-refractivity contribution in [3.8, 4) is 11.5 Å². The predicted octanol–water partition coefficient (Wildman–Crippen LogP) is 3.15. The summed E-state index contributed by atoms with van der Waals surface area (Å²) < 4.78 is 16.5. The average Bonchev–Trinajstić information content (AvgIpc) is 3.39. The minimum atomic E-state index is -0.806. The van der Waals surface area contributed by atoms with Gasteiger partial charge in [-0.15, -0.1) is 11.3 Å². The molecule has 3 heterocycles. The third-order valence-corrected chi connectivity index (χ3v) is 6.11. The minimum Gasteiger partial charge on any atom is -0.486 e. The number of ether oxygens (including phenoxy) is 3. The Balaban J connectivity index is 1.37. The van der Waals surface area contributed by atoms with E-state index in [4.69, 9.17) is 14.2 Å². The zero-order valence-electron chi connectivity index (χ0n) is 17.9. The number of rotatable bonds is 6. The Hall–Kier alpha value is -4.18. The van der Waals surface area contributed by atoms with Crippen molar-refractivity contribution >= 4 is 39.7 Å². The van der Waals surface area contributed by atoms with Crippen molar-refractivity contribution in [2.75, 3.05) is 24.7 Å². The summed E-state index contributed by atoms with van der Waals surface area (Å²) in [4.78, 5) is 40.4. The summed E-state index contributed by atoms with van der Waals surface area (Å²) in [5, 5.41) is 8.71. The van der Waals surface area contributed by atoms with Gasteiger partial charge in [-0.25, -0.2) is 9.89 Å². The van der Waals surface area contributed by atoms with E-state index in [0.717, 1.165) is 4.88 Å². The number of nitrogens with zero attached hydrogens (tertiary/aromatic N) is 2. The lowest BCUT2D eigenvalue weighted by Crippen LogP contribution is -2.34. The molecule has 0 unspecified atom stereocenters. The van der Waals surface area contributed by atoms with Gasteiger partial charge in [0, 0.05) is 22.0 Å². The minimum absolute atomic E-state index is 0.0628. The topological polar surface area (TPSA) is 111 Å². The van der Waals surface area contributed by atoms with Gasteiger partial charge in [0.2, 0.25) is 0 Å². The standard InChI is InChI=1S/C24H19N3O6S/c28-21(14-33-24(30)22-17-5-1-2-6-18(17)23(29)26-25-22)27(13-16-4-3-11-34-16)15-7-8-19-20(12-15)32-10-9-31-19/h1-8,11-12H,9-10,13-14H2,(H,26,29). The van der Waals surface area contributed by atoms with Crippen LogP contribution in [0, 0.1) is 0 Å². The van der Waals surface area contributed by atoms with Crippen LogP contribution in [0.4, 0.5) is 5.69 Å². The Kier molecular flexibility index (Phi) is 5.96. The number of anilines is 1. The number of fused-ring (bicyclic) bond motifs is 2. The first-order valence-electron chi connectivity index (χ1n) is 10.5. The number of H-pyrrole nitrogens is 1. The van der Waals surface area contributed by atoms with Gasteiger partial charge in [0.25, 0.3) is 11.5 Å². The summed E-state index contributed by atoms with van der Waals surface area (Å²) in [6.45, 7) is 0.683. The monoisotopic (exact) mass is 477 g/mol. The molecule has 0 bridgehead atoms. The van der Waals surface area contributed by atoms with E-state index in [1.165, 1.54) is 16.2 Å². The summed E-state index contributed by atoms with van der Waals surface area (Å²) in [7, 11) is 0. The van der Waals surface area contributed by atoms with Gasteiger partial charge in [0.05, 0.1) is 11.9 Å². The molecule has 1 N–H and O–H groups in total. The van der Waals surface area contributed by atoms with Crippen molar-refractivity contribution in [1.29, 1.82) is 0 Å². The zero-order valence-corrected chi connectivity index (χ0v) is 18.7. The van der Waals surface area contributed by atoms with Gasteiger partial charge < -0.3 is 19.1 Å². The highest BCUT2D eigenvalue weighted by Crippen LogP contribution is 2.34. The van der Waals surface area contributed by atoms with Crippen LogP contribution in [0.15, 0.2) is 64.8 Å². The number of thiophene rings is 1. The Morgan fingerprint density at radius 2 is 1.82 bits per heavy atom. The van der Waals surface area contributed by atoms with Crippen LogP contribution in [0.1, 0.15) is 15.4 Å². The molecule has 0 radical (unpaired) electrons. The lowest BCUT2D eigenvalue weighted by molar-refractivity contribution is -0.121. The van der Waals surface area contributed by atoms with Crippen molar-refractivity contribution in [2.24, 2.45) is 0 Å². The largest absolute Gasteiger partial charge is 0.486 e.